The largest absolute Gasteiger partial charge is 0.130 e. The molecular formula is C21H30S2. The third kappa shape index (κ3) is 5.46. The van der Waals surface area contributed by atoms with Crippen LogP contribution < -0.4 is 0 Å². The van der Waals surface area contributed by atoms with Crippen molar-refractivity contribution < 1.29 is 0 Å². The Hall–Kier alpha value is -0.600. The van der Waals surface area contributed by atoms with Crippen molar-refractivity contribution in [3.63, 3.8) is 0 Å². The van der Waals surface area contributed by atoms with Crippen LogP contribution in [0.4, 0.5) is 0 Å². The summed E-state index contributed by atoms with van der Waals surface area (Å²) >= 11 is 3.77. The maximum Gasteiger partial charge on any atom is 0.00695 e. The molecule has 0 nitrogen and oxygen atoms in total. The van der Waals surface area contributed by atoms with Crippen LogP contribution in [-0.4, -0.2) is 6.26 Å². The van der Waals surface area contributed by atoms with Gasteiger partial charge in [-0.3, -0.25) is 0 Å². The fourth-order valence-corrected chi connectivity index (χ4v) is 4.59. The van der Waals surface area contributed by atoms with Gasteiger partial charge in [-0.15, -0.1) is 23.5 Å². The Morgan fingerprint density at radius 3 is 2.61 bits per heavy atom. The fraction of sp³-hybridized carbons (Fsp3) is 0.524. The Bertz CT molecular complexity index is 539. The van der Waals surface area contributed by atoms with E-state index in [1.807, 2.05) is 23.5 Å². The molecule has 126 valence electrons. The predicted molar refractivity (Wildman–Crippen MR) is 109 cm³/mol. The lowest BCUT2D eigenvalue weighted by Crippen LogP contribution is -1.97. The van der Waals surface area contributed by atoms with Crippen LogP contribution >= 0.6 is 23.5 Å². The molecule has 0 fully saturated rings. The molecule has 1 aliphatic rings. The molecule has 2 heteroatoms. The molecule has 0 saturated carbocycles. The minimum Gasteiger partial charge on any atom is -0.130 e. The molecule has 0 radical (unpaired) electrons. The number of allylic oxidation sites excluding steroid dienone is 3. The highest BCUT2D eigenvalue weighted by Crippen LogP contribution is 2.39. The minimum absolute atomic E-state index is 0.600. The molecule has 1 aromatic rings. The zero-order valence-electron chi connectivity index (χ0n) is 15.0. The summed E-state index contributed by atoms with van der Waals surface area (Å²) in [6.07, 6.45) is 11.1. The molecule has 0 spiro atoms. The van der Waals surface area contributed by atoms with Gasteiger partial charge in [-0.05, 0) is 64.5 Å². The first kappa shape index (κ1) is 18.7. The standard InChI is InChI=1S/C21H30S2/c1-5-6-7-8-17(3)21-14-9-16(2)20(15-23-21)18-10-12-19(22-4)13-11-18/h10-17H,5-9H2,1-4H3. The van der Waals surface area contributed by atoms with Gasteiger partial charge < -0.3 is 0 Å². The molecule has 1 aliphatic heterocycles. The second kappa shape index (κ2) is 9.64. The van der Waals surface area contributed by atoms with E-state index in [0.29, 0.717) is 11.8 Å². The molecule has 2 unspecified atom stereocenters. The van der Waals surface area contributed by atoms with Crippen LogP contribution in [0.15, 0.2) is 45.6 Å². The van der Waals surface area contributed by atoms with Crippen LogP contribution in [0.2, 0.25) is 0 Å². The summed E-state index contributed by atoms with van der Waals surface area (Å²) in [5.74, 6) is 1.30. The second-order valence-electron chi connectivity index (χ2n) is 6.56. The van der Waals surface area contributed by atoms with E-state index in [4.69, 9.17) is 0 Å². The van der Waals surface area contributed by atoms with E-state index in [9.17, 15) is 0 Å². The minimum atomic E-state index is 0.600. The summed E-state index contributed by atoms with van der Waals surface area (Å²) in [5.41, 5.74) is 2.88. The molecule has 0 amide bonds. The molecule has 0 saturated heterocycles. The third-order valence-electron chi connectivity index (χ3n) is 4.68. The quantitative estimate of drug-likeness (QED) is 0.368. The number of rotatable bonds is 7. The van der Waals surface area contributed by atoms with E-state index >= 15 is 0 Å². The van der Waals surface area contributed by atoms with Crippen molar-refractivity contribution in [1.29, 1.82) is 0 Å². The van der Waals surface area contributed by atoms with Crippen molar-refractivity contribution in [2.75, 3.05) is 6.26 Å². The van der Waals surface area contributed by atoms with Crippen molar-refractivity contribution in [1.82, 2.24) is 0 Å². The highest BCUT2D eigenvalue weighted by molar-refractivity contribution is 8.06. The first-order chi connectivity index (χ1) is 11.2. The molecule has 0 bridgehead atoms. The van der Waals surface area contributed by atoms with Crippen molar-refractivity contribution >= 4 is 29.1 Å². The Morgan fingerprint density at radius 1 is 1.22 bits per heavy atom. The number of benzene rings is 1. The zero-order chi connectivity index (χ0) is 16.7. The Morgan fingerprint density at radius 2 is 1.96 bits per heavy atom. The number of hydrogen-bond acceptors (Lipinski definition) is 2. The average molecular weight is 347 g/mol. The van der Waals surface area contributed by atoms with Crippen molar-refractivity contribution in [3.05, 3.63) is 46.2 Å². The summed E-state index contributed by atoms with van der Waals surface area (Å²) in [6, 6.07) is 9.05. The zero-order valence-corrected chi connectivity index (χ0v) is 16.6. The topological polar surface area (TPSA) is 0 Å². The summed E-state index contributed by atoms with van der Waals surface area (Å²) in [4.78, 5) is 2.91. The van der Waals surface area contributed by atoms with Crippen LogP contribution in [0.25, 0.3) is 5.57 Å². The summed E-state index contributed by atoms with van der Waals surface area (Å²) < 4.78 is 0. The molecular weight excluding hydrogens is 316 g/mol. The first-order valence-electron chi connectivity index (χ1n) is 8.86. The van der Waals surface area contributed by atoms with Crippen LogP contribution in [0.3, 0.4) is 0 Å². The maximum atomic E-state index is 2.49. The molecule has 2 rings (SSSR count). The lowest BCUT2D eigenvalue weighted by Gasteiger charge is -2.13. The van der Waals surface area contributed by atoms with Gasteiger partial charge in [-0.2, -0.15) is 0 Å². The van der Waals surface area contributed by atoms with Gasteiger partial charge in [-0.25, -0.2) is 0 Å². The van der Waals surface area contributed by atoms with E-state index < -0.39 is 0 Å². The van der Waals surface area contributed by atoms with E-state index in [1.54, 1.807) is 4.91 Å². The summed E-state index contributed by atoms with van der Waals surface area (Å²) in [7, 11) is 0. The van der Waals surface area contributed by atoms with E-state index in [0.717, 1.165) is 6.42 Å². The monoisotopic (exact) mass is 346 g/mol. The average Bonchev–Trinajstić information content (AvgIpc) is 2.77. The van der Waals surface area contributed by atoms with Crippen LogP contribution in [0, 0.1) is 11.8 Å². The van der Waals surface area contributed by atoms with Gasteiger partial charge >= 0.3 is 0 Å². The SMILES string of the molecule is CCCCCC(C)C1=CCC(C)C(c2ccc(SC)cc2)=CS1. The molecule has 0 aromatic heterocycles. The Kier molecular flexibility index (Phi) is 7.85. The summed E-state index contributed by atoms with van der Waals surface area (Å²) in [5, 5.41) is 2.41. The Balaban J connectivity index is 2.06. The Labute approximate surface area is 151 Å². The van der Waals surface area contributed by atoms with Crippen molar-refractivity contribution in [3.8, 4) is 0 Å². The number of hydrogen-bond donors (Lipinski definition) is 0. The summed E-state index contributed by atoms with van der Waals surface area (Å²) in [6.45, 7) is 7.03. The van der Waals surface area contributed by atoms with Gasteiger partial charge in [0.1, 0.15) is 0 Å². The van der Waals surface area contributed by atoms with Crippen LogP contribution in [0.1, 0.15) is 58.4 Å². The highest BCUT2D eigenvalue weighted by atomic mass is 32.2. The third-order valence-corrected chi connectivity index (χ3v) is 6.63. The maximum absolute atomic E-state index is 2.49. The van der Waals surface area contributed by atoms with E-state index in [1.165, 1.54) is 41.7 Å². The molecule has 1 heterocycles. The van der Waals surface area contributed by atoms with Gasteiger partial charge in [0.25, 0.3) is 0 Å². The van der Waals surface area contributed by atoms with Gasteiger partial charge in [0.2, 0.25) is 0 Å². The molecule has 0 N–H and O–H groups in total. The molecule has 1 aromatic carbocycles. The van der Waals surface area contributed by atoms with E-state index in [-0.39, 0.29) is 0 Å². The van der Waals surface area contributed by atoms with Crippen molar-refractivity contribution in [2.24, 2.45) is 11.8 Å². The smallest absolute Gasteiger partial charge is 0.00695 e. The first-order valence-corrected chi connectivity index (χ1v) is 11.0. The van der Waals surface area contributed by atoms with E-state index in [2.05, 4.69) is 62.8 Å². The molecule has 0 aliphatic carbocycles. The van der Waals surface area contributed by atoms with Gasteiger partial charge in [0.15, 0.2) is 0 Å². The molecule has 2 atom stereocenters. The van der Waals surface area contributed by atoms with Gasteiger partial charge in [0.05, 0.1) is 0 Å². The van der Waals surface area contributed by atoms with Gasteiger partial charge in [0, 0.05) is 4.90 Å². The molecule has 23 heavy (non-hydrogen) atoms. The predicted octanol–water partition coefficient (Wildman–Crippen LogP) is 7.62. The number of thioether (sulfide) groups is 2. The number of unbranched alkanes of at least 4 members (excludes halogenated alkanes) is 2. The normalized spacial score (nSPS) is 19.7. The second-order valence-corrected chi connectivity index (χ2v) is 8.38. The highest BCUT2D eigenvalue weighted by Gasteiger charge is 2.17. The van der Waals surface area contributed by atoms with Crippen molar-refractivity contribution in [2.45, 2.75) is 57.8 Å². The fourth-order valence-electron chi connectivity index (χ4n) is 3.01. The van der Waals surface area contributed by atoms with Crippen LogP contribution in [0.5, 0.6) is 0 Å². The lowest BCUT2D eigenvalue weighted by molar-refractivity contribution is 0.568. The van der Waals surface area contributed by atoms with Crippen LogP contribution in [-0.2, 0) is 0 Å². The van der Waals surface area contributed by atoms with Gasteiger partial charge in [-0.1, -0.05) is 58.2 Å². The lowest BCUT2D eigenvalue weighted by atomic mass is 9.92.